The van der Waals surface area contributed by atoms with Crippen LogP contribution < -0.4 is 20.1 Å². The average molecular weight is 424 g/mol. The zero-order valence-corrected chi connectivity index (χ0v) is 18.5. The SMILES string of the molecule is C=CCOc1ccccc1CNC(=NC)NCC1(c2ccc(OC)cc2)CCOCC1. The van der Waals surface area contributed by atoms with Crippen molar-refractivity contribution in [3.8, 4) is 11.5 Å². The van der Waals surface area contributed by atoms with Crippen LogP contribution in [0.25, 0.3) is 0 Å². The third-order valence-corrected chi connectivity index (χ3v) is 5.75. The van der Waals surface area contributed by atoms with Gasteiger partial charge in [-0.3, -0.25) is 4.99 Å². The Morgan fingerprint density at radius 3 is 2.55 bits per heavy atom. The van der Waals surface area contributed by atoms with Crippen LogP contribution >= 0.6 is 0 Å². The van der Waals surface area contributed by atoms with Gasteiger partial charge in [-0.1, -0.05) is 43.0 Å². The quantitative estimate of drug-likeness (QED) is 0.366. The van der Waals surface area contributed by atoms with Crippen molar-refractivity contribution in [1.29, 1.82) is 0 Å². The van der Waals surface area contributed by atoms with Crippen molar-refractivity contribution in [3.63, 3.8) is 0 Å². The molecule has 0 radical (unpaired) electrons. The van der Waals surface area contributed by atoms with Crippen molar-refractivity contribution in [1.82, 2.24) is 10.6 Å². The van der Waals surface area contributed by atoms with Gasteiger partial charge in [0, 0.05) is 44.3 Å². The predicted octanol–water partition coefficient (Wildman–Crippen LogP) is 3.67. The van der Waals surface area contributed by atoms with E-state index in [2.05, 4.69) is 40.4 Å². The highest BCUT2D eigenvalue weighted by Gasteiger charge is 2.34. The van der Waals surface area contributed by atoms with Crippen molar-refractivity contribution >= 4 is 5.96 Å². The van der Waals surface area contributed by atoms with Gasteiger partial charge >= 0.3 is 0 Å². The molecule has 1 saturated heterocycles. The Bertz CT molecular complexity index is 859. The lowest BCUT2D eigenvalue weighted by atomic mass is 9.74. The van der Waals surface area contributed by atoms with Crippen LogP contribution in [-0.4, -0.2) is 46.5 Å². The summed E-state index contributed by atoms with van der Waals surface area (Å²) in [5.41, 5.74) is 2.36. The van der Waals surface area contributed by atoms with Gasteiger partial charge in [-0.2, -0.15) is 0 Å². The smallest absolute Gasteiger partial charge is 0.191 e. The molecule has 2 aromatic carbocycles. The van der Waals surface area contributed by atoms with E-state index < -0.39 is 0 Å². The molecule has 2 aromatic rings. The maximum Gasteiger partial charge on any atom is 0.191 e. The van der Waals surface area contributed by atoms with Crippen LogP contribution in [0, 0.1) is 0 Å². The molecule has 0 unspecified atom stereocenters. The summed E-state index contributed by atoms with van der Waals surface area (Å²) < 4.78 is 16.7. The molecule has 2 N–H and O–H groups in total. The van der Waals surface area contributed by atoms with Gasteiger partial charge in [0.25, 0.3) is 0 Å². The lowest BCUT2D eigenvalue weighted by molar-refractivity contribution is 0.0513. The number of nitrogens with zero attached hydrogens (tertiary/aromatic N) is 1. The number of rotatable bonds is 9. The van der Waals surface area contributed by atoms with E-state index in [1.807, 2.05) is 30.3 Å². The number of ether oxygens (including phenoxy) is 3. The Hall–Kier alpha value is -2.99. The minimum absolute atomic E-state index is 0.00683. The van der Waals surface area contributed by atoms with Crippen LogP contribution in [0.3, 0.4) is 0 Å². The number of aliphatic imine (C=N–C) groups is 1. The molecule has 6 heteroatoms. The van der Waals surface area contributed by atoms with E-state index in [4.69, 9.17) is 14.2 Å². The molecule has 0 bridgehead atoms. The van der Waals surface area contributed by atoms with Crippen molar-refractivity contribution in [2.24, 2.45) is 4.99 Å². The fraction of sp³-hybridized carbons (Fsp3) is 0.400. The molecule has 0 saturated carbocycles. The molecule has 3 rings (SSSR count). The molecule has 0 aliphatic carbocycles. The lowest BCUT2D eigenvalue weighted by Gasteiger charge is -2.38. The van der Waals surface area contributed by atoms with E-state index in [0.717, 1.165) is 55.6 Å². The van der Waals surface area contributed by atoms with Crippen LogP contribution in [0.5, 0.6) is 11.5 Å². The topological polar surface area (TPSA) is 64.1 Å². The van der Waals surface area contributed by atoms with Gasteiger partial charge in [0.05, 0.1) is 7.11 Å². The summed E-state index contributed by atoms with van der Waals surface area (Å²) >= 11 is 0. The van der Waals surface area contributed by atoms with E-state index in [9.17, 15) is 0 Å². The minimum Gasteiger partial charge on any atom is -0.497 e. The molecule has 0 spiro atoms. The Labute approximate surface area is 185 Å². The minimum atomic E-state index is -0.00683. The summed E-state index contributed by atoms with van der Waals surface area (Å²) in [4.78, 5) is 4.42. The Kier molecular flexibility index (Phi) is 8.35. The van der Waals surface area contributed by atoms with Gasteiger partial charge in [-0.05, 0) is 36.6 Å². The molecule has 31 heavy (non-hydrogen) atoms. The van der Waals surface area contributed by atoms with Gasteiger partial charge in [0.15, 0.2) is 5.96 Å². The maximum absolute atomic E-state index is 5.76. The number of benzene rings is 2. The molecule has 6 nitrogen and oxygen atoms in total. The molecule has 1 aliphatic rings. The molecule has 0 atom stereocenters. The number of hydrogen-bond acceptors (Lipinski definition) is 4. The Balaban J connectivity index is 1.65. The first kappa shape index (κ1) is 22.7. The third-order valence-electron chi connectivity index (χ3n) is 5.75. The Morgan fingerprint density at radius 1 is 1.13 bits per heavy atom. The molecular formula is C25H33N3O3. The summed E-state index contributed by atoms with van der Waals surface area (Å²) in [5, 5.41) is 6.95. The molecule has 166 valence electrons. The van der Waals surface area contributed by atoms with Crippen LogP contribution in [0.4, 0.5) is 0 Å². The van der Waals surface area contributed by atoms with E-state index in [-0.39, 0.29) is 5.41 Å². The molecule has 1 heterocycles. The third kappa shape index (κ3) is 6.01. The fourth-order valence-corrected chi connectivity index (χ4v) is 3.87. The van der Waals surface area contributed by atoms with Gasteiger partial charge in [-0.15, -0.1) is 0 Å². The van der Waals surface area contributed by atoms with E-state index in [0.29, 0.717) is 13.2 Å². The Morgan fingerprint density at radius 2 is 1.87 bits per heavy atom. The zero-order valence-electron chi connectivity index (χ0n) is 18.5. The summed E-state index contributed by atoms with van der Waals surface area (Å²) in [7, 11) is 3.48. The predicted molar refractivity (Wildman–Crippen MR) is 125 cm³/mol. The first-order chi connectivity index (χ1) is 15.2. The highest BCUT2D eigenvalue weighted by molar-refractivity contribution is 5.79. The molecule has 0 aromatic heterocycles. The second kappa shape index (κ2) is 11.4. The number of methoxy groups -OCH3 is 1. The second-order valence-corrected chi connectivity index (χ2v) is 7.61. The first-order valence-electron chi connectivity index (χ1n) is 10.7. The van der Waals surface area contributed by atoms with E-state index >= 15 is 0 Å². The maximum atomic E-state index is 5.76. The molecule has 1 aliphatic heterocycles. The summed E-state index contributed by atoms with van der Waals surface area (Å²) in [6, 6.07) is 16.4. The summed E-state index contributed by atoms with van der Waals surface area (Å²) in [6.07, 6.45) is 3.67. The van der Waals surface area contributed by atoms with Crippen molar-refractivity contribution in [3.05, 3.63) is 72.3 Å². The van der Waals surface area contributed by atoms with Crippen LogP contribution in [0.15, 0.2) is 66.2 Å². The van der Waals surface area contributed by atoms with E-state index in [1.165, 1.54) is 5.56 Å². The number of nitrogens with one attached hydrogen (secondary N) is 2. The van der Waals surface area contributed by atoms with Crippen LogP contribution in [0.2, 0.25) is 0 Å². The lowest BCUT2D eigenvalue weighted by Crippen LogP contribution is -2.47. The zero-order chi connectivity index (χ0) is 21.9. The number of hydrogen-bond donors (Lipinski definition) is 2. The van der Waals surface area contributed by atoms with Crippen molar-refractivity contribution in [2.75, 3.05) is 40.5 Å². The van der Waals surface area contributed by atoms with Gasteiger partial charge in [0.2, 0.25) is 0 Å². The van der Waals surface area contributed by atoms with Crippen molar-refractivity contribution < 1.29 is 14.2 Å². The summed E-state index contributed by atoms with van der Waals surface area (Å²) in [6.45, 7) is 7.11. The van der Waals surface area contributed by atoms with Gasteiger partial charge < -0.3 is 24.8 Å². The van der Waals surface area contributed by atoms with E-state index in [1.54, 1.807) is 20.2 Å². The fourth-order valence-electron chi connectivity index (χ4n) is 3.87. The first-order valence-corrected chi connectivity index (χ1v) is 10.7. The normalized spacial score (nSPS) is 15.7. The van der Waals surface area contributed by atoms with Crippen LogP contribution in [-0.2, 0) is 16.7 Å². The van der Waals surface area contributed by atoms with Gasteiger partial charge in [0.1, 0.15) is 18.1 Å². The molecule has 1 fully saturated rings. The van der Waals surface area contributed by atoms with Crippen molar-refractivity contribution in [2.45, 2.75) is 24.8 Å². The van der Waals surface area contributed by atoms with Crippen LogP contribution in [0.1, 0.15) is 24.0 Å². The molecule has 0 amide bonds. The number of guanidine groups is 1. The number of para-hydroxylation sites is 1. The van der Waals surface area contributed by atoms with Gasteiger partial charge in [-0.25, -0.2) is 0 Å². The largest absolute Gasteiger partial charge is 0.497 e. The molecular weight excluding hydrogens is 390 g/mol. The average Bonchev–Trinajstić information content (AvgIpc) is 2.84. The highest BCUT2D eigenvalue weighted by Crippen LogP contribution is 2.35. The highest BCUT2D eigenvalue weighted by atomic mass is 16.5. The summed E-state index contributed by atoms with van der Waals surface area (Å²) in [5.74, 6) is 2.48. The second-order valence-electron chi connectivity index (χ2n) is 7.61. The standard InChI is InChI=1S/C25H33N3O3/c1-4-15-31-23-8-6-5-7-20(23)18-27-24(26-2)28-19-25(13-16-30-17-14-25)21-9-11-22(29-3)12-10-21/h4-12H,1,13-19H2,2-3H3,(H2,26,27,28). The monoisotopic (exact) mass is 423 g/mol.